The van der Waals surface area contributed by atoms with Crippen molar-refractivity contribution in [1.29, 1.82) is 0 Å². The zero-order valence-corrected chi connectivity index (χ0v) is 17.2. The van der Waals surface area contributed by atoms with E-state index in [1.165, 1.54) is 0 Å². The minimum Gasteiger partial charge on any atom is -0.491 e. The van der Waals surface area contributed by atoms with E-state index >= 15 is 0 Å². The van der Waals surface area contributed by atoms with Crippen LogP contribution in [0.25, 0.3) is 0 Å². The molecule has 0 aromatic heterocycles. The fourth-order valence-corrected chi connectivity index (χ4v) is 4.03. The van der Waals surface area contributed by atoms with Crippen LogP contribution in [0.15, 0.2) is 36.4 Å². The topological polar surface area (TPSA) is 87.0 Å². The maximum absolute atomic E-state index is 14.3. The molecule has 3 N–H and O–H groups in total. The summed E-state index contributed by atoms with van der Waals surface area (Å²) in [6, 6.07) is 6.80. The average molecular weight is 429 g/mol. The van der Waals surface area contributed by atoms with Gasteiger partial charge < -0.3 is 20.1 Å². The number of ether oxygens (including phenoxy) is 1. The van der Waals surface area contributed by atoms with E-state index in [1.807, 2.05) is 12.2 Å². The SMILES string of the molecule is O=C(O)CCC/C=C/CC1C(O)CC(O)C1CCC(F)COc1cccc(Cl)c1. The van der Waals surface area contributed by atoms with Crippen LogP contribution in [0.2, 0.25) is 5.02 Å². The van der Waals surface area contributed by atoms with E-state index in [2.05, 4.69) is 0 Å². The number of aliphatic hydroxyl groups excluding tert-OH is 2. The summed E-state index contributed by atoms with van der Waals surface area (Å²) in [6.45, 7) is -0.0835. The molecular formula is C22H30ClFO5. The van der Waals surface area contributed by atoms with E-state index in [-0.39, 0.29) is 31.3 Å². The van der Waals surface area contributed by atoms with Crippen LogP contribution >= 0.6 is 11.6 Å². The fraction of sp³-hybridized carbons (Fsp3) is 0.591. The molecule has 0 aliphatic heterocycles. The predicted octanol–water partition coefficient (Wildman–Crippen LogP) is 4.40. The van der Waals surface area contributed by atoms with E-state index in [0.717, 1.165) is 0 Å². The summed E-state index contributed by atoms with van der Waals surface area (Å²) < 4.78 is 19.7. The largest absolute Gasteiger partial charge is 0.491 e. The second-order valence-corrected chi connectivity index (χ2v) is 8.07. The number of hydrogen-bond donors (Lipinski definition) is 3. The Morgan fingerprint density at radius 1 is 1.28 bits per heavy atom. The number of carboxylic acid groups (broad SMARTS) is 1. The van der Waals surface area contributed by atoms with Crippen LogP contribution in [0.1, 0.15) is 44.9 Å². The van der Waals surface area contributed by atoms with Gasteiger partial charge in [-0.2, -0.15) is 0 Å². The van der Waals surface area contributed by atoms with E-state index in [9.17, 15) is 19.4 Å². The third-order valence-corrected chi connectivity index (χ3v) is 5.63. The van der Waals surface area contributed by atoms with Crippen molar-refractivity contribution in [1.82, 2.24) is 0 Å². The lowest BCUT2D eigenvalue weighted by atomic mass is 9.86. The Morgan fingerprint density at radius 3 is 2.76 bits per heavy atom. The summed E-state index contributed by atoms with van der Waals surface area (Å²) in [5.41, 5.74) is 0. The molecule has 0 bridgehead atoms. The first-order chi connectivity index (χ1) is 13.9. The number of alkyl halides is 1. The van der Waals surface area contributed by atoms with Gasteiger partial charge in [0.15, 0.2) is 0 Å². The van der Waals surface area contributed by atoms with Gasteiger partial charge in [0.1, 0.15) is 18.5 Å². The molecule has 0 heterocycles. The molecule has 0 spiro atoms. The molecule has 0 saturated heterocycles. The minimum atomic E-state index is -1.17. The number of unbranched alkanes of at least 4 members (excludes halogenated alkanes) is 1. The van der Waals surface area contributed by atoms with Crippen molar-refractivity contribution in [3.8, 4) is 5.75 Å². The first-order valence-corrected chi connectivity index (χ1v) is 10.5. The van der Waals surface area contributed by atoms with E-state index in [0.29, 0.717) is 42.9 Å². The zero-order chi connectivity index (χ0) is 21.2. The highest BCUT2D eigenvalue weighted by molar-refractivity contribution is 6.30. The molecule has 5 unspecified atom stereocenters. The third kappa shape index (κ3) is 8.33. The normalized spacial score (nSPS) is 25.4. The standard InChI is InChI=1S/C22H30ClFO5/c23-15-6-5-7-17(12-15)29-14-16(24)10-11-19-18(20(25)13-21(19)26)8-3-1-2-4-9-22(27)28/h1,3,5-7,12,16,18-21,25-26H,2,4,8-11,13-14H2,(H,27,28)/b3-1+. The first-order valence-electron chi connectivity index (χ1n) is 10.1. The summed E-state index contributed by atoms with van der Waals surface area (Å²) in [5, 5.41) is 29.7. The van der Waals surface area contributed by atoms with Crippen LogP contribution < -0.4 is 4.74 Å². The van der Waals surface area contributed by atoms with Gasteiger partial charge in [-0.15, -0.1) is 0 Å². The van der Waals surface area contributed by atoms with Crippen molar-refractivity contribution in [2.75, 3.05) is 6.61 Å². The molecule has 2 rings (SSSR count). The third-order valence-electron chi connectivity index (χ3n) is 5.40. The van der Waals surface area contributed by atoms with Crippen LogP contribution in [-0.4, -0.2) is 46.3 Å². The number of aliphatic hydroxyl groups is 2. The Kier molecular flexibility index (Phi) is 9.91. The molecule has 1 saturated carbocycles. The van der Waals surface area contributed by atoms with Crippen molar-refractivity contribution < 1.29 is 29.2 Å². The number of aliphatic carboxylic acids is 1. The highest BCUT2D eigenvalue weighted by atomic mass is 35.5. The van der Waals surface area contributed by atoms with Crippen molar-refractivity contribution in [3.63, 3.8) is 0 Å². The van der Waals surface area contributed by atoms with Gasteiger partial charge >= 0.3 is 5.97 Å². The van der Waals surface area contributed by atoms with Crippen molar-refractivity contribution >= 4 is 17.6 Å². The average Bonchev–Trinajstić information content (AvgIpc) is 2.93. The second kappa shape index (κ2) is 12.2. The van der Waals surface area contributed by atoms with Crippen LogP contribution in [0.4, 0.5) is 4.39 Å². The van der Waals surface area contributed by atoms with Gasteiger partial charge in [0.25, 0.3) is 0 Å². The van der Waals surface area contributed by atoms with E-state index in [4.69, 9.17) is 21.4 Å². The van der Waals surface area contributed by atoms with Crippen LogP contribution in [0.3, 0.4) is 0 Å². The lowest BCUT2D eigenvalue weighted by Crippen LogP contribution is -2.24. The van der Waals surface area contributed by atoms with Gasteiger partial charge in [-0.1, -0.05) is 29.8 Å². The van der Waals surface area contributed by atoms with Crippen molar-refractivity contribution in [3.05, 3.63) is 41.4 Å². The zero-order valence-electron chi connectivity index (χ0n) is 16.4. The van der Waals surface area contributed by atoms with E-state index < -0.39 is 24.3 Å². The summed E-state index contributed by atoms with van der Waals surface area (Å²) in [5.74, 6) is -0.588. The Balaban J connectivity index is 1.75. The van der Waals surface area contributed by atoms with Gasteiger partial charge in [-0.25, -0.2) is 4.39 Å². The molecular weight excluding hydrogens is 399 g/mol. The van der Waals surface area contributed by atoms with Gasteiger partial charge in [0, 0.05) is 11.4 Å². The van der Waals surface area contributed by atoms with Gasteiger partial charge in [0.2, 0.25) is 0 Å². The number of carboxylic acids is 1. The fourth-order valence-electron chi connectivity index (χ4n) is 3.85. The number of hydrogen-bond acceptors (Lipinski definition) is 4. The Hall–Kier alpha value is -1.63. The molecule has 0 amide bonds. The van der Waals surface area contributed by atoms with Crippen molar-refractivity contribution in [2.45, 2.75) is 63.3 Å². The molecule has 7 heteroatoms. The number of benzene rings is 1. The Morgan fingerprint density at radius 2 is 2.03 bits per heavy atom. The van der Waals surface area contributed by atoms with Crippen LogP contribution in [-0.2, 0) is 4.79 Å². The molecule has 29 heavy (non-hydrogen) atoms. The lowest BCUT2D eigenvalue weighted by molar-refractivity contribution is -0.137. The van der Waals surface area contributed by atoms with Crippen molar-refractivity contribution in [2.24, 2.45) is 11.8 Å². The van der Waals surface area contributed by atoms with Gasteiger partial charge in [0.05, 0.1) is 12.2 Å². The summed E-state index contributed by atoms with van der Waals surface area (Å²) >= 11 is 5.88. The highest BCUT2D eigenvalue weighted by Gasteiger charge is 2.40. The smallest absolute Gasteiger partial charge is 0.303 e. The lowest BCUT2D eigenvalue weighted by Gasteiger charge is -2.23. The molecule has 1 aliphatic rings. The molecule has 162 valence electrons. The maximum atomic E-state index is 14.3. The van der Waals surface area contributed by atoms with Gasteiger partial charge in [-0.3, -0.25) is 4.79 Å². The molecule has 5 nitrogen and oxygen atoms in total. The summed E-state index contributed by atoms with van der Waals surface area (Å²) in [4.78, 5) is 10.5. The Bertz CT molecular complexity index is 668. The van der Waals surface area contributed by atoms with Crippen LogP contribution in [0, 0.1) is 11.8 Å². The number of allylic oxidation sites excluding steroid dienone is 2. The van der Waals surface area contributed by atoms with Gasteiger partial charge in [-0.05, 0) is 68.6 Å². The summed E-state index contributed by atoms with van der Waals surface area (Å²) in [6.07, 6.45) is 4.38. The predicted molar refractivity (Wildman–Crippen MR) is 110 cm³/mol. The first kappa shape index (κ1) is 23.6. The minimum absolute atomic E-state index is 0.0835. The molecule has 1 aliphatic carbocycles. The number of rotatable bonds is 12. The number of halogens is 2. The molecule has 0 radical (unpaired) electrons. The monoisotopic (exact) mass is 428 g/mol. The molecule has 1 aromatic carbocycles. The second-order valence-electron chi connectivity index (χ2n) is 7.63. The maximum Gasteiger partial charge on any atom is 0.303 e. The quantitative estimate of drug-likeness (QED) is 0.339. The summed E-state index contributed by atoms with van der Waals surface area (Å²) in [7, 11) is 0. The van der Waals surface area contributed by atoms with E-state index in [1.54, 1.807) is 24.3 Å². The molecule has 5 atom stereocenters. The molecule has 1 aromatic rings. The van der Waals surface area contributed by atoms with Crippen LogP contribution in [0.5, 0.6) is 5.75 Å². The number of carbonyl (C=O) groups is 1. The Labute approximate surface area is 176 Å². The highest BCUT2D eigenvalue weighted by Crippen LogP contribution is 2.38. The molecule has 1 fully saturated rings.